The first-order valence-electron chi connectivity index (χ1n) is 7.08. The number of halogens is 1. The summed E-state index contributed by atoms with van der Waals surface area (Å²) in [5.74, 6) is -0.247. The van der Waals surface area contributed by atoms with Crippen LogP contribution in [-0.2, 0) is 16.6 Å². The van der Waals surface area contributed by atoms with Gasteiger partial charge in [-0.1, -0.05) is 11.2 Å². The summed E-state index contributed by atoms with van der Waals surface area (Å²) >= 11 is 1.45. The second-order valence-electron chi connectivity index (χ2n) is 5.05. The Morgan fingerprint density at radius 3 is 2.80 bits per heavy atom. The predicted octanol–water partition coefficient (Wildman–Crippen LogP) is 2.77. The standard InChI is InChI=1S/C15H14FN3O4S2/c1-19(9-14-17-15(18-23-14)13-4-3-7-24-13)25(20,21)10-5-6-12(22-2)11(16)8-10/h3-8H,9H2,1-2H3. The van der Waals surface area contributed by atoms with E-state index in [0.717, 1.165) is 15.2 Å². The molecular formula is C15H14FN3O4S2. The number of hydrogen-bond acceptors (Lipinski definition) is 7. The van der Waals surface area contributed by atoms with Crippen molar-refractivity contribution >= 4 is 21.4 Å². The molecule has 10 heteroatoms. The highest BCUT2D eigenvalue weighted by atomic mass is 32.2. The molecule has 0 aliphatic heterocycles. The van der Waals surface area contributed by atoms with Crippen molar-refractivity contribution in [1.29, 1.82) is 0 Å². The minimum absolute atomic E-state index is 0.0286. The number of ether oxygens (including phenoxy) is 1. The summed E-state index contributed by atoms with van der Waals surface area (Å²) in [5.41, 5.74) is 0. The van der Waals surface area contributed by atoms with Crippen LogP contribution in [0.25, 0.3) is 10.7 Å². The number of hydrogen-bond donors (Lipinski definition) is 0. The second kappa shape index (κ2) is 6.90. The number of benzene rings is 1. The quantitative estimate of drug-likeness (QED) is 0.651. The third-order valence-electron chi connectivity index (χ3n) is 3.40. The number of methoxy groups -OCH3 is 1. The Bertz CT molecular complexity index is 971. The average Bonchev–Trinajstić information content (AvgIpc) is 3.25. The van der Waals surface area contributed by atoms with Crippen LogP contribution in [0.4, 0.5) is 4.39 Å². The highest BCUT2D eigenvalue weighted by Crippen LogP contribution is 2.24. The van der Waals surface area contributed by atoms with Crippen LogP contribution < -0.4 is 4.74 Å². The SMILES string of the molecule is COc1ccc(S(=O)(=O)N(C)Cc2nc(-c3cccs3)no2)cc1F. The van der Waals surface area contributed by atoms with E-state index in [0.29, 0.717) is 5.82 Å². The molecule has 1 aromatic carbocycles. The number of rotatable bonds is 6. The molecular weight excluding hydrogens is 369 g/mol. The van der Waals surface area contributed by atoms with Gasteiger partial charge in [-0.25, -0.2) is 12.8 Å². The van der Waals surface area contributed by atoms with Crippen LogP contribution in [0.3, 0.4) is 0 Å². The van der Waals surface area contributed by atoms with Gasteiger partial charge in [0.2, 0.25) is 21.7 Å². The number of thiophene rings is 1. The maximum atomic E-state index is 13.8. The van der Waals surface area contributed by atoms with E-state index in [-0.39, 0.29) is 23.1 Å². The molecule has 3 rings (SSSR count). The Hall–Kier alpha value is -2.30. The molecule has 0 N–H and O–H groups in total. The summed E-state index contributed by atoms with van der Waals surface area (Å²) in [6.07, 6.45) is 0. The summed E-state index contributed by atoms with van der Waals surface area (Å²) in [6.45, 7) is -0.131. The zero-order valence-electron chi connectivity index (χ0n) is 13.3. The first kappa shape index (κ1) is 17.5. The third kappa shape index (κ3) is 3.55. The van der Waals surface area contributed by atoms with E-state index in [1.807, 2.05) is 17.5 Å². The average molecular weight is 383 g/mol. The maximum Gasteiger partial charge on any atom is 0.243 e. The molecule has 3 aromatic rings. The van der Waals surface area contributed by atoms with Gasteiger partial charge in [-0.05, 0) is 29.6 Å². The molecule has 7 nitrogen and oxygen atoms in total. The topological polar surface area (TPSA) is 85.5 Å². The van der Waals surface area contributed by atoms with Crippen molar-refractivity contribution in [2.45, 2.75) is 11.4 Å². The molecule has 0 saturated carbocycles. The molecule has 0 aliphatic carbocycles. The number of nitrogens with zero attached hydrogens (tertiary/aromatic N) is 3. The number of aromatic nitrogens is 2. The minimum atomic E-state index is -3.92. The van der Waals surface area contributed by atoms with Crippen LogP contribution in [0.1, 0.15) is 5.89 Å². The molecule has 25 heavy (non-hydrogen) atoms. The van der Waals surface area contributed by atoms with Crippen LogP contribution in [0.2, 0.25) is 0 Å². The van der Waals surface area contributed by atoms with Crippen molar-refractivity contribution in [3.05, 3.63) is 47.4 Å². The lowest BCUT2D eigenvalue weighted by molar-refractivity contribution is 0.336. The van der Waals surface area contributed by atoms with Gasteiger partial charge in [-0.2, -0.15) is 9.29 Å². The lowest BCUT2D eigenvalue weighted by Gasteiger charge is -2.15. The Labute approximate surface area is 147 Å². The first-order valence-corrected chi connectivity index (χ1v) is 9.40. The molecule has 0 fully saturated rings. The normalized spacial score (nSPS) is 11.8. The van der Waals surface area contributed by atoms with Gasteiger partial charge in [0.05, 0.1) is 23.4 Å². The lowest BCUT2D eigenvalue weighted by Crippen LogP contribution is -2.26. The summed E-state index contributed by atoms with van der Waals surface area (Å²) in [6, 6.07) is 7.14. The highest BCUT2D eigenvalue weighted by molar-refractivity contribution is 7.89. The van der Waals surface area contributed by atoms with Crippen molar-refractivity contribution in [3.63, 3.8) is 0 Å². The summed E-state index contributed by atoms with van der Waals surface area (Å²) < 4.78 is 49.8. The highest BCUT2D eigenvalue weighted by Gasteiger charge is 2.24. The van der Waals surface area contributed by atoms with E-state index < -0.39 is 15.8 Å². The lowest BCUT2D eigenvalue weighted by atomic mass is 10.3. The summed E-state index contributed by atoms with van der Waals surface area (Å²) in [4.78, 5) is 4.81. The fraction of sp³-hybridized carbons (Fsp3) is 0.200. The van der Waals surface area contributed by atoms with Crippen molar-refractivity contribution in [3.8, 4) is 16.5 Å². The molecule has 0 spiro atoms. The molecule has 0 atom stereocenters. The van der Waals surface area contributed by atoms with Gasteiger partial charge in [0, 0.05) is 7.05 Å². The van der Waals surface area contributed by atoms with Gasteiger partial charge >= 0.3 is 0 Å². The molecule has 0 radical (unpaired) electrons. The third-order valence-corrected chi connectivity index (χ3v) is 6.06. The molecule has 0 bridgehead atoms. The van der Waals surface area contributed by atoms with Crippen molar-refractivity contribution in [1.82, 2.24) is 14.4 Å². The fourth-order valence-corrected chi connectivity index (χ4v) is 3.87. The summed E-state index contributed by atoms with van der Waals surface area (Å²) in [5, 5.41) is 5.70. The fourth-order valence-electron chi connectivity index (χ4n) is 2.09. The Kier molecular flexibility index (Phi) is 4.84. The van der Waals surface area contributed by atoms with Crippen molar-refractivity contribution < 1.29 is 22.1 Å². The molecule has 0 amide bonds. The predicted molar refractivity (Wildman–Crippen MR) is 89.2 cm³/mol. The molecule has 0 aliphatic rings. The van der Waals surface area contributed by atoms with Crippen LogP contribution in [0.15, 0.2) is 45.1 Å². The van der Waals surface area contributed by atoms with E-state index in [2.05, 4.69) is 10.1 Å². The zero-order chi connectivity index (χ0) is 18.0. The first-order chi connectivity index (χ1) is 11.9. The van der Waals surface area contributed by atoms with Gasteiger partial charge in [0.1, 0.15) is 0 Å². The van der Waals surface area contributed by atoms with Gasteiger partial charge in [-0.3, -0.25) is 0 Å². The molecule has 2 aromatic heterocycles. The van der Waals surface area contributed by atoms with Crippen LogP contribution >= 0.6 is 11.3 Å². The largest absolute Gasteiger partial charge is 0.494 e. The molecule has 0 saturated heterocycles. The van der Waals surface area contributed by atoms with Gasteiger partial charge in [0.25, 0.3) is 0 Å². The molecule has 0 unspecified atom stereocenters. The van der Waals surface area contributed by atoms with Crippen LogP contribution in [-0.4, -0.2) is 37.0 Å². The zero-order valence-corrected chi connectivity index (χ0v) is 15.0. The van der Waals surface area contributed by atoms with E-state index in [4.69, 9.17) is 9.26 Å². The van der Waals surface area contributed by atoms with Gasteiger partial charge in [-0.15, -0.1) is 11.3 Å². The second-order valence-corrected chi connectivity index (χ2v) is 8.04. The molecule has 132 valence electrons. The summed E-state index contributed by atoms with van der Waals surface area (Å²) in [7, 11) is -1.26. The van der Waals surface area contributed by atoms with E-state index >= 15 is 0 Å². The maximum absolute atomic E-state index is 13.8. The van der Waals surface area contributed by atoms with Crippen LogP contribution in [0, 0.1) is 5.82 Å². The van der Waals surface area contributed by atoms with Crippen LogP contribution in [0.5, 0.6) is 5.75 Å². The number of sulfonamides is 1. The van der Waals surface area contributed by atoms with Gasteiger partial charge < -0.3 is 9.26 Å². The Balaban J connectivity index is 1.80. The van der Waals surface area contributed by atoms with E-state index in [1.54, 1.807) is 0 Å². The Morgan fingerprint density at radius 1 is 1.36 bits per heavy atom. The van der Waals surface area contributed by atoms with Crippen molar-refractivity contribution in [2.24, 2.45) is 0 Å². The van der Waals surface area contributed by atoms with E-state index in [9.17, 15) is 12.8 Å². The van der Waals surface area contributed by atoms with E-state index in [1.165, 1.54) is 37.6 Å². The monoisotopic (exact) mass is 383 g/mol. The smallest absolute Gasteiger partial charge is 0.243 e. The minimum Gasteiger partial charge on any atom is -0.494 e. The van der Waals surface area contributed by atoms with Gasteiger partial charge in [0.15, 0.2) is 11.6 Å². The Morgan fingerprint density at radius 2 is 2.16 bits per heavy atom. The molecule has 2 heterocycles. The van der Waals surface area contributed by atoms with Crippen molar-refractivity contribution in [2.75, 3.05) is 14.2 Å².